The maximum Gasteiger partial charge on any atom is 0.0760 e. The third-order valence-corrected chi connectivity index (χ3v) is 1.81. The van der Waals surface area contributed by atoms with Gasteiger partial charge in [-0.1, -0.05) is 30.4 Å². The van der Waals surface area contributed by atoms with Gasteiger partial charge in [0.05, 0.1) is 11.5 Å². The molecule has 0 amide bonds. The lowest BCUT2D eigenvalue weighted by Gasteiger charge is -2.14. The van der Waals surface area contributed by atoms with Crippen molar-refractivity contribution in [3.8, 4) is 6.07 Å². The zero-order chi connectivity index (χ0) is 10.5. The monoisotopic (exact) mass is 175 g/mol. The number of hydrogen-bond donors (Lipinski definition) is 0. The van der Waals surface area contributed by atoms with Crippen LogP contribution in [-0.2, 0) is 0 Å². The molecular formula is C12H17N. The fourth-order valence-electron chi connectivity index (χ4n) is 0.637. The number of rotatable bonds is 3. The molecular weight excluding hydrogens is 158 g/mol. The van der Waals surface area contributed by atoms with E-state index in [-0.39, 0.29) is 0 Å². The highest BCUT2D eigenvalue weighted by atomic mass is 14.3. The van der Waals surface area contributed by atoms with Gasteiger partial charge in [0.15, 0.2) is 0 Å². The molecule has 0 spiro atoms. The van der Waals surface area contributed by atoms with E-state index in [9.17, 15) is 0 Å². The Morgan fingerprint density at radius 1 is 1.38 bits per heavy atom. The van der Waals surface area contributed by atoms with Crippen molar-refractivity contribution >= 4 is 0 Å². The van der Waals surface area contributed by atoms with Gasteiger partial charge >= 0.3 is 0 Å². The minimum Gasteiger partial charge on any atom is -0.197 e. The Kier molecular flexibility index (Phi) is 4.20. The van der Waals surface area contributed by atoms with Gasteiger partial charge in [-0.05, 0) is 33.3 Å². The average Bonchev–Trinajstić information content (AvgIpc) is 2.03. The van der Waals surface area contributed by atoms with Gasteiger partial charge in [0.1, 0.15) is 0 Å². The van der Waals surface area contributed by atoms with Gasteiger partial charge in [0, 0.05) is 0 Å². The summed E-state index contributed by atoms with van der Waals surface area (Å²) in [6.45, 7) is 11.6. The minimum absolute atomic E-state index is 0.466. The number of hydrogen-bond acceptors (Lipinski definition) is 1. The fraction of sp³-hybridized carbons (Fsp3) is 0.417. The Hall–Kier alpha value is -1.29. The average molecular weight is 175 g/mol. The van der Waals surface area contributed by atoms with Crippen LogP contribution in [0.5, 0.6) is 0 Å². The molecule has 1 heteroatoms. The van der Waals surface area contributed by atoms with Gasteiger partial charge in [0.2, 0.25) is 0 Å². The van der Waals surface area contributed by atoms with Crippen LogP contribution >= 0.6 is 0 Å². The lowest BCUT2D eigenvalue weighted by Crippen LogP contribution is -2.08. The molecule has 0 saturated carbocycles. The van der Waals surface area contributed by atoms with E-state index >= 15 is 0 Å². The maximum atomic E-state index is 8.81. The molecule has 0 aromatic heterocycles. The molecule has 0 bridgehead atoms. The Labute approximate surface area is 81.1 Å². The van der Waals surface area contributed by atoms with E-state index in [1.165, 1.54) is 5.57 Å². The van der Waals surface area contributed by atoms with Crippen LogP contribution in [0, 0.1) is 16.7 Å². The molecule has 0 unspecified atom stereocenters. The van der Waals surface area contributed by atoms with Crippen LogP contribution in [0.3, 0.4) is 0 Å². The van der Waals surface area contributed by atoms with Gasteiger partial charge < -0.3 is 0 Å². The molecule has 0 N–H and O–H groups in total. The molecule has 0 atom stereocenters. The Morgan fingerprint density at radius 3 is 2.31 bits per heavy atom. The van der Waals surface area contributed by atoms with E-state index < -0.39 is 5.41 Å². The smallest absolute Gasteiger partial charge is 0.0760 e. The van der Waals surface area contributed by atoms with E-state index in [0.717, 1.165) is 5.57 Å². The van der Waals surface area contributed by atoms with Crippen molar-refractivity contribution in [1.29, 1.82) is 5.26 Å². The summed E-state index contributed by atoms with van der Waals surface area (Å²) in [6.07, 6.45) is 5.81. The normalized spacial score (nSPS) is 11.0. The maximum absolute atomic E-state index is 8.81. The van der Waals surface area contributed by atoms with E-state index in [0.29, 0.717) is 0 Å². The second kappa shape index (κ2) is 4.67. The van der Waals surface area contributed by atoms with Gasteiger partial charge in [-0.2, -0.15) is 5.26 Å². The van der Waals surface area contributed by atoms with Crippen molar-refractivity contribution in [2.45, 2.75) is 27.7 Å². The first-order valence-electron chi connectivity index (χ1n) is 4.32. The zero-order valence-electron chi connectivity index (χ0n) is 8.89. The molecule has 0 aromatic carbocycles. The van der Waals surface area contributed by atoms with Crippen molar-refractivity contribution < 1.29 is 0 Å². The summed E-state index contributed by atoms with van der Waals surface area (Å²) in [5.41, 5.74) is 1.61. The molecule has 0 heterocycles. The van der Waals surface area contributed by atoms with E-state index in [2.05, 4.69) is 12.6 Å². The van der Waals surface area contributed by atoms with E-state index in [4.69, 9.17) is 5.26 Å². The Morgan fingerprint density at radius 2 is 1.92 bits per heavy atom. The standard InChI is InChI=1S/C12H17N/c1-10(2)7-6-8-11(3)12(4,5)9-13/h6-8H,3H2,1-2,4-5H3. The Balaban J connectivity index is 4.43. The van der Waals surface area contributed by atoms with Crippen molar-refractivity contribution in [3.05, 3.63) is 36.0 Å². The number of nitrogens with zero attached hydrogens (tertiary/aromatic N) is 1. The SMILES string of the molecule is C=C(C=CC=C(C)C)C(C)(C)C#N. The second-order valence-corrected chi connectivity index (χ2v) is 3.87. The van der Waals surface area contributed by atoms with Crippen LogP contribution in [0.4, 0.5) is 0 Å². The first kappa shape index (κ1) is 11.7. The molecule has 0 aliphatic heterocycles. The number of allylic oxidation sites excluding steroid dienone is 5. The quantitative estimate of drug-likeness (QED) is 0.601. The fourth-order valence-corrected chi connectivity index (χ4v) is 0.637. The highest BCUT2D eigenvalue weighted by molar-refractivity contribution is 5.30. The summed E-state index contributed by atoms with van der Waals surface area (Å²) in [5.74, 6) is 0. The van der Waals surface area contributed by atoms with Crippen LogP contribution in [0.2, 0.25) is 0 Å². The van der Waals surface area contributed by atoms with Gasteiger partial charge in [-0.15, -0.1) is 0 Å². The third-order valence-electron chi connectivity index (χ3n) is 1.81. The summed E-state index contributed by atoms with van der Waals surface area (Å²) >= 11 is 0. The first-order valence-corrected chi connectivity index (χ1v) is 4.32. The van der Waals surface area contributed by atoms with Crippen LogP contribution < -0.4 is 0 Å². The Bertz CT molecular complexity index is 281. The van der Waals surface area contributed by atoms with Crippen LogP contribution in [0.1, 0.15) is 27.7 Å². The van der Waals surface area contributed by atoms with Crippen molar-refractivity contribution in [2.24, 2.45) is 5.41 Å². The van der Waals surface area contributed by atoms with Crippen LogP contribution in [-0.4, -0.2) is 0 Å². The third kappa shape index (κ3) is 4.32. The summed E-state index contributed by atoms with van der Waals surface area (Å²) in [6, 6.07) is 2.21. The molecule has 70 valence electrons. The van der Waals surface area contributed by atoms with Crippen LogP contribution in [0.15, 0.2) is 36.0 Å². The topological polar surface area (TPSA) is 23.8 Å². The minimum atomic E-state index is -0.466. The van der Waals surface area contributed by atoms with Gasteiger partial charge in [0.25, 0.3) is 0 Å². The summed E-state index contributed by atoms with van der Waals surface area (Å²) in [7, 11) is 0. The summed E-state index contributed by atoms with van der Waals surface area (Å²) in [5, 5.41) is 8.81. The molecule has 13 heavy (non-hydrogen) atoms. The molecule has 1 nitrogen and oxygen atoms in total. The predicted octanol–water partition coefficient (Wildman–Crippen LogP) is 3.61. The molecule has 0 saturated heterocycles. The molecule has 0 rings (SSSR count). The van der Waals surface area contributed by atoms with Crippen molar-refractivity contribution in [2.75, 3.05) is 0 Å². The second-order valence-electron chi connectivity index (χ2n) is 3.87. The van der Waals surface area contributed by atoms with Crippen LogP contribution in [0.25, 0.3) is 0 Å². The molecule has 0 aliphatic carbocycles. The highest BCUT2D eigenvalue weighted by Gasteiger charge is 2.18. The summed E-state index contributed by atoms with van der Waals surface area (Å²) in [4.78, 5) is 0. The van der Waals surface area contributed by atoms with E-state index in [1.807, 2.05) is 45.9 Å². The van der Waals surface area contributed by atoms with Gasteiger partial charge in [-0.25, -0.2) is 0 Å². The lowest BCUT2D eigenvalue weighted by molar-refractivity contribution is 0.615. The van der Waals surface area contributed by atoms with Gasteiger partial charge in [-0.3, -0.25) is 0 Å². The molecule has 0 fully saturated rings. The molecule has 0 aromatic rings. The van der Waals surface area contributed by atoms with Crippen molar-refractivity contribution in [3.63, 3.8) is 0 Å². The lowest BCUT2D eigenvalue weighted by atomic mass is 9.87. The largest absolute Gasteiger partial charge is 0.197 e. The number of nitriles is 1. The molecule has 0 radical (unpaired) electrons. The first-order chi connectivity index (χ1) is 5.90. The zero-order valence-corrected chi connectivity index (χ0v) is 8.89. The van der Waals surface area contributed by atoms with Crippen molar-refractivity contribution in [1.82, 2.24) is 0 Å². The predicted molar refractivity (Wildman–Crippen MR) is 57.1 cm³/mol. The summed E-state index contributed by atoms with van der Waals surface area (Å²) < 4.78 is 0. The highest BCUT2D eigenvalue weighted by Crippen LogP contribution is 2.24. The molecule has 0 aliphatic rings. The van der Waals surface area contributed by atoms with E-state index in [1.54, 1.807) is 0 Å².